The first-order valence-electron chi connectivity index (χ1n) is 8.49. The van der Waals surface area contributed by atoms with Crippen molar-refractivity contribution >= 4 is 34.1 Å². The summed E-state index contributed by atoms with van der Waals surface area (Å²) >= 11 is 1.45. The molecule has 7 heteroatoms. The minimum absolute atomic E-state index is 0.280. The minimum Gasteiger partial charge on any atom is -0.346 e. The molecular weight excluding hydrogens is 358 g/mol. The van der Waals surface area contributed by atoms with Gasteiger partial charge in [-0.1, -0.05) is 13.5 Å². The smallest absolute Gasteiger partial charge is 0.248 e. The Morgan fingerprint density at radius 1 is 1.33 bits per heavy atom. The van der Waals surface area contributed by atoms with Crippen molar-refractivity contribution in [2.24, 2.45) is 0 Å². The van der Waals surface area contributed by atoms with Gasteiger partial charge in [-0.2, -0.15) is 0 Å². The summed E-state index contributed by atoms with van der Waals surface area (Å²) < 4.78 is 0. The van der Waals surface area contributed by atoms with Crippen LogP contribution in [0.3, 0.4) is 0 Å². The van der Waals surface area contributed by atoms with E-state index in [1.807, 2.05) is 18.5 Å². The number of fused-ring (bicyclic) bond motifs is 1. The van der Waals surface area contributed by atoms with Crippen LogP contribution in [-0.2, 0) is 11.2 Å². The highest BCUT2D eigenvalue weighted by atomic mass is 32.1. The zero-order valence-electron chi connectivity index (χ0n) is 14.7. The minimum atomic E-state index is -0.280. The number of hydrogen-bond donors (Lipinski definition) is 2. The molecule has 2 N–H and O–H groups in total. The fraction of sp³-hybridized carbons (Fsp3) is 0.100. The highest BCUT2D eigenvalue weighted by molar-refractivity contribution is 7.13. The molecule has 0 aliphatic rings. The Hall–Kier alpha value is -3.32. The molecule has 0 saturated carbocycles. The van der Waals surface area contributed by atoms with Gasteiger partial charge in [-0.15, -0.1) is 11.3 Å². The molecule has 0 spiro atoms. The third-order valence-electron chi connectivity index (χ3n) is 4.21. The van der Waals surface area contributed by atoms with Crippen molar-refractivity contribution in [3.63, 3.8) is 0 Å². The van der Waals surface area contributed by atoms with E-state index in [4.69, 9.17) is 0 Å². The van der Waals surface area contributed by atoms with Crippen LogP contribution < -0.4 is 5.32 Å². The zero-order chi connectivity index (χ0) is 18.8. The lowest BCUT2D eigenvalue weighted by atomic mass is 10.0. The number of aromatic amines is 1. The van der Waals surface area contributed by atoms with Crippen molar-refractivity contribution in [2.45, 2.75) is 13.3 Å². The summed E-state index contributed by atoms with van der Waals surface area (Å²) in [4.78, 5) is 28.0. The van der Waals surface area contributed by atoms with Crippen LogP contribution >= 0.6 is 11.3 Å². The molecule has 27 heavy (non-hydrogen) atoms. The molecule has 0 saturated heterocycles. The normalized spacial score (nSPS) is 10.9. The summed E-state index contributed by atoms with van der Waals surface area (Å²) in [6.07, 6.45) is 7.69. The molecule has 0 bridgehead atoms. The number of aromatic nitrogens is 4. The molecule has 0 fully saturated rings. The van der Waals surface area contributed by atoms with Crippen molar-refractivity contribution in [1.29, 1.82) is 0 Å². The molecule has 0 aliphatic heterocycles. The Labute approximate surface area is 160 Å². The second kappa shape index (κ2) is 7.13. The van der Waals surface area contributed by atoms with E-state index in [9.17, 15) is 4.79 Å². The zero-order valence-corrected chi connectivity index (χ0v) is 15.5. The molecule has 0 aromatic carbocycles. The lowest BCUT2D eigenvalue weighted by molar-refractivity contribution is -0.111. The van der Waals surface area contributed by atoms with Crippen LogP contribution in [0.15, 0.2) is 54.8 Å². The number of amides is 1. The molecule has 6 nitrogen and oxygen atoms in total. The Kier molecular flexibility index (Phi) is 4.52. The lowest BCUT2D eigenvalue weighted by Crippen LogP contribution is -2.07. The van der Waals surface area contributed by atoms with E-state index < -0.39 is 0 Å². The quantitative estimate of drug-likeness (QED) is 0.505. The molecule has 0 atom stereocenters. The predicted octanol–water partition coefficient (Wildman–Crippen LogP) is 4.44. The van der Waals surface area contributed by atoms with Crippen LogP contribution in [0.5, 0.6) is 0 Å². The van der Waals surface area contributed by atoms with Gasteiger partial charge in [0.2, 0.25) is 5.91 Å². The topological polar surface area (TPSA) is 83.6 Å². The predicted molar refractivity (Wildman–Crippen MR) is 109 cm³/mol. The molecule has 0 radical (unpaired) electrons. The number of aryl methyl sites for hydroxylation is 1. The number of nitrogens with one attached hydrogen (secondary N) is 2. The maximum atomic E-state index is 11.4. The number of carbonyl (C=O) groups is 1. The van der Waals surface area contributed by atoms with E-state index in [2.05, 4.69) is 50.9 Å². The number of hydrogen-bond acceptors (Lipinski definition) is 5. The van der Waals surface area contributed by atoms with Crippen molar-refractivity contribution in [3.05, 3.63) is 60.5 Å². The molecule has 0 unspecified atom stereocenters. The van der Waals surface area contributed by atoms with E-state index in [0.717, 1.165) is 44.8 Å². The first-order valence-corrected chi connectivity index (χ1v) is 9.37. The van der Waals surface area contributed by atoms with E-state index >= 15 is 0 Å². The Balaban J connectivity index is 1.74. The Bertz CT molecular complexity index is 1140. The Morgan fingerprint density at radius 2 is 2.22 bits per heavy atom. The van der Waals surface area contributed by atoms with Gasteiger partial charge in [0.1, 0.15) is 16.5 Å². The molecule has 4 heterocycles. The SMILES string of the molecule is C=CC(=O)Nc1csc(-c2cnc3[nH]cc(-c4ccnc(CC)c4)c3c2)n1. The number of nitrogens with zero attached hydrogens (tertiary/aromatic N) is 3. The van der Waals surface area contributed by atoms with Gasteiger partial charge in [0.25, 0.3) is 0 Å². The van der Waals surface area contributed by atoms with Gasteiger partial charge in [0.05, 0.1) is 0 Å². The molecular formula is C20H17N5OS. The van der Waals surface area contributed by atoms with Crippen molar-refractivity contribution in [2.75, 3.05) is 5.32 Å². The maximum absolute atomic E-state index is 11.4. The van der Waals surface area contributed by atoms with Gasteiger partial charge in [0.15, 0.2) is 0 Å². The van der Waals surface area contributed by atoms with Gasteiger partial charge in [-0.25, -0.2) is 9.97 Å². The van der Waals surface area contributed by atoms with Gasteiger partial charge in [0, 0.05) is 46.2 Å². The summed E-state index contributed by atoms with van der Waals surface area (Å²) in [6, 6.07) is 6.17. The summed E-state index contributed by atoms with van der Waals surface area (Å²) in [7, 11) is 0. The number of thiazole rings is 1. The third kappa shape index (κ3) is 3.37. The van der Waals surface area contributed by atoms with E-state index in [1.54, 1.807) is 11.6 Å². The van der Waals surface area contributed by atoms with Crippen LogP contribution in [0.25, 0.3) is 32.7 Å². The fourth-order valence-electron chi connectivity index (χ4n) is 2.84. The van der Waals surface area contributed by atoms with E-state index in [0.29, 0.717) is 5.82 Å². The van der Waals surface area contributed by atoms with Gasteiger partial charge < -0.3 is 10.3 Å². The van der Waals surface area contributed by atoms with Gasteiger partial charge in [-0.05, 0) is 36.3 Å². The van der Waals surface area contributed by atoms with Crippen molar-refractivity contribution in [1.82, 2.24) is 19.9 Å². The fourth-order valence-corrected chi connectivity index (χ4v) is 3.57. The summed E-state index contributed by atoms with van der Waals surface area (Å²) in [5, 5.41) is 6.29. The number of carbonyl (C=O) groups excluding carboxylic acids is 1. The van der Waals surface area contributed by atoms with Crippen molar-refractivity contribution in [3.8, 4) is 21.7 Å². The second-order valence-corrected chi connectivity index (χ2v) is 6.80. The standard InChI is InChI=1S/C20H17N5OS/c1-3-14-7-12(5-6-21-14)16-10-23-19-15(16)8-13(9-22-19)20-25-17(11-27-20)24-18(26)4-2/h4-11H,2-3H2,1H3,(H,22,23)(H,24,26). The van der Waals surface area contributed by atoms with Crippen LogP contribution in [0, 0.1) is 0 Å². The van der Waals surface area contributed by atoms with Crippen LogP contribution in [0.2, 0.25) is 0 Å². The van der Waals surface area contributed by atoms with Crippen LogP contribution in [0.1, 0.15) is 12.6 Å². The van der Waals surface area contributed by atoms with E-state index in [-0.39, 0.29) is 5.91 Å². The highest BCUT2D eigenvalue weighted by Gasteiger charge is 2.12. The molecule has 4 aromatic heterocycles. The molecule has 4 aromatic rings. The number of H-pyrrole nitrogens is 1. The molecule has 0 aliphatic carbocycles. The van der Waals surface area contributed by atoms with Gasteiger partial charge in [-0.3, -0.25) is 9.78 Å². The van der Waals surface area contributed by atoms with Crippen LogP contribution in [0.4, 0.5) is 5.82 Å². The molecule has 4 rings (SSSR count). The van der Waals surface area contributed by atoms with Gasteiger partial charge >= 0.3 is 0 Å². The monoisotopic (exact) mass is 375 g/mol. The largest absolute Gasteiger partial charge is 0.346 e. The molecule has 134 valence electrons. The number of rotatable bonds is 5. The summed E-state index contributed by atoms with van der Waals surface area (Å²) in [5.41, 5.74) is 4.95. The lowest BCUT2D eigenvalue weighted by Gasteiger charge is -2.03. The summed E-state index contributed by atoms with van der Waals surface area (Å²) in [6.45, 7) is 5.54. The van der Waals surface area contributed by atoms with Crippen molar-refractivity contribution < 1.29 is 4.79 Å². The summed E-state index contributed by atoms with van der Waals surface area (Å²) in [5.74, 6) is 0.230. The first kappa shape index (κ1) is 17.1. The van der Waals surface area contributed by atoms with Crippen LogP contribution in [-0.4, -0.2) is 25.8 Å². The number of pyridine rings is 2. The third-order valence-corrected chi connectivity index (χ3v) is 5.10. The Morgan fingerprint density at radius 3 is 3.04 bits per heavy atom. The van der Waals surface area contributed by atoms with E-state index in [1.165, 1.54) is 17.4 Å². The first-order chi connectivity index (χ1) is 13.2. The average Bonchev–Trinajstić information content (AvgIpc) is 3.34. The average molecular weight is 375 g/mol. The number of anilines is 1. The maximum Gasteiger partial charge on any atom is 0.248 e. The highest BCUT2D eigenvalue weighted by Crippen LogP contribution is 2.32. The second-order valence-electron chi connectivity index (χ2n) is 5.94. The molecule has 1 amide bonds.